The molecule has 0 radical (unpaired) electrons. The van der Waals surface area contributed by atoms with Crippen LogP contribution in [0.1, 0.15) is 24.0 Å². The van der Waals surface area contributed by atoms with E-state index in [1.54, 1.807) is 0 Å². The zero-order valence-electron chi connectivity index (χ0n) is 10.3. The first-order chi connectivity index (χ1) is 8.70. The van der Waals surface area contributed by atoms with E-state index in [1.807, 2.05) is 12.1 Å². The predicted molar refractivity (Wildman–Crippen MR) is 75.5 cm³/mol. The maximum Gasteiger partial charge on any atom is 0.103 e. The first-order valence-electron chi connectivity index (χ1n) is 6.47. The number of hydrogen-bond donors (Lipinski definition) is 1. The molecule has 0 saturated carbocycles. The SMILES string of the molecule is NC(=S)c1ccc(CN2CC3CCC(C2)O3)cc1. The first-order valence-corrected chi connectivity index (χ1v) is 6.88. The highest BCUT2D eigenvalue weighted by Crippen LogP contribution is 2.27. The molecule has 0 aromatic heterocycles. The van der Waals surface area contributed by atoms with E-state index in [-0.39, 0.29) is 0 Å². The molecule has 3 rings (SSSR count). The van der Waals surface area contributed by atoms with Crippen molar-refractivity contribution in [3.05, 3.63) is 35.4 Å². The molecule has 0 aliphatic carbocycles. The minimum Gasteiger partial charge on any atom is -0.389 e. The zero-order chi connectivity index (χ0) is 12.5. The van der Waals surface area contributed by atoms with Crippen LogP contribution in [-0.4, -0.2) is 35.2 Å². The Morgan fingerprint density at radius 3 is 2.39 bits per heavy atom. The Morgan fingerprint density at radius 1 is 1.22 bits per heavy atom. The molecule has 0 spiro atoms. The van der Waals surface area contributed by atoms with Crippen molar-refractivity contribution in [2.75, 3.05) is 13.1 Å². The second-order valence-electron chi connectivity index (χ2n) is 5.21. The Morgan fingerprint density at radius 2 is 1.83 bits per heavy atom. The maximum absolute atomic E-state index is 5.84. The molecule has 2 heterocycles. The second kappa shape index (κ2) is 4.96. The normalized spacial score (nSPS) is 27.3. The van der Waals surface area contributed by atoms with Crippen LogP contribution < -0.4 is 5.73 Å². The third kappa shape index (κ3) is 2.55. The molecule has 3 nitrogen and oxygen atoms in total. The van der Waals surface area contributed by atoms with Gasteiger partial charge < -0.3 is 10.5 Å². The smallest absolute Gasteiger partial charge is 0.103 e. The molecule has 4 heteroatoms. The van der Waals surface area contributed by atoms with E-state index in [9.17, 15) is 0 Å². The molecule has 2 bridgehead atoms. The Kier molecular flexibility index (Phi) is 3.33. The Balaban J connectivity index is 1.64. The number of hydrogen-bond acceptors (Lipinski definition) is 3. The Bertz CT molecular complexity index is 434. The summed E-state index contributed by atoms with van der Waals surface area (Å²) in [7, 11) is 0. The standard InChI is InChI=1S/C14H18N2OS/c15-14(18)11-3-1-10(2-4-11)7-16-8-12-5-6-13(9-16)17-12/h1-4,12-13H,5-9H2,(H2,15,18). The maximum atomic E-state index is 5.84. The molecular weight excluding hydrogens is 244 g/mol. The van der Waals surface area contributed by atoms with E-state index in [2.05, 4.69) is 17.0 Å². The van der Waals surface area contributed by atoms with E-state index >= 15 is 0 Å². The van der Waals surface area contributed by atoms with Gasteiger partial charge in [-0.15, -0.1) is 0 Å². The van der Waals surface area contributed by atoms with Gasteiger partial charge in [0, 0.05) is 25.2 Å². The van der Waals surface area contributed by atoms with Gasteiger partial charge in [0.05, 0.1) is 12.2 Å². The molecule has 2 unspecified atom stereocenters. The van der Waals surface area contributed by atoms with Gasteiger partial charge in [-0.3, -0.25) is 4.90 Å². The second-order valence-corrected chi connectivity index (χ2v) is 5.65. The third-order valence-electron chi connectivity index (χ3n) is 3.76. The number of benzene rings is 1. The van der Waals surface area contributed by atoms with E-state index in [1.165, 1.54) is 18.4 Å². The van der Waals surface area contributed by atoms with Crippen molar-refractivity contribution in [3.8, 4) is 0 Å². The molecule has 2 atom stereocenters. The molecule has 18 heavy (non-hydrogen) atoms. The average molecular weight is 262 g/mol. The van der Waals surface area contributed by atoms with Crippen LogP contribution in [0.5, 0.6) is 0 Å². The topological polar surface area (TPSA) is 38.5 Å². The van der Waals surface area contributed by atoms with Crippen molar-refractivity contribution >= 4 is 17.2 Å². The number of likely N-dealkylation sites (tertiary alicyclic amines) is 1. The fourth-order valence-corrected chi connectivity index (χ4v) is 3.00. The number of thiocarbonyl (C=S) groups is 1. The van der Waals surface area contributed by atoms with Gasteiger partial charge in [0.1, 0.15) is 4.99 Å². The molecule has 2 N–H and O–H groups in total. The van der Waals surface area contributed by atoms with E-state index < -0.39 is 0 Å². The zero-order valence-corrected chi connectivity index (χ0v) is 11.2. The van der Waals surface area contributed by atoms with Crippen LogP contribution in [0.25, 0.3) is 0 Å². The largest absolute Gasteiger partial charge is 0.389 e. The van der Waals surface area contributed by atoms with Crippen LogP contribution in [0.3, 0.4) is 0 Å². The summed E-state index contributed by atoms with van der Waals surface area (Å²) in [6, 6.07) is 8.25. The molecule has 1 aromatic rings. The molecular formula is C14H18N2OS. The summed E-state index contributed by atoms with van der Waals surface area (Å²) in [4.78, 5) is 2.95. The van der Waals surface area contributed by atoms with Crippen molar-refractivity contribution in [2.45, 2.75) is 31.6 Å². The van der Waals surface area contributed by atoms with E-state index in [0.717, 1.165) is 25.2 Å². The highest BCUT2D eigenvalue weighted by molar-refractivity contribution is 7.80. The predicted octanol–water partition coefficient (Wildman–Crippen LogP) is 1.68. The van der Waals surface area contributed by atoms with Crippen LogP contribution in [0, 0.1) is 0 Å². The van der Waals surface area contributed by atoms with Gasteiger partial charge in [0.2, 0.25) is 0 Å². The number of fused-ring (bicyclic) bond motifs is 2. The molecule has 2 aliphatic rings. The van der Waals surface area contributed by atoms with Gasteiger partial charge >= 0.3 is 0 Å². The van der Waals surface area contributed by atoms with Crippen LogP contribution in [-0.2, 0) is 11.3 Å². The lowest BCUT2D eigenvalue weighted by Gasteiger charge is -2.32. The summed E-state index contributed by atoms with van der Waals surface area (Å²) >= 11 is 4.96. The van der Waals surface area contributed by atoms with Crippen molar-refractivity contribution in [3.63, 3.8) is 0 Å². The van der Waals surface area contributed by atoms with Crippen molar-refractivity contribution < 1.29 is 4.74 Å². The molecule has 96 valence electrons. The van der Waals surface area contributed by atoms with Gasteiger partial charge in [-0.1, -0.05) is 36.5 Å². The average Bonchev–Trinajstić information content (AvgIpc) is 2.69. The fraction of sp³-hybridized carbons (Fsp3) is 0.500. The molecule has 2 fully saturated rings. The molecule has 2 saturated heterocycles. The number of nitrogens with two attached hydrogens (primary N) is 1. The van der Waals surface area contributed by atoms with Crippen molar-refractivity contribution in [1.82, 2.24) is 4.90 Å². The fourth-order valence-electron chi connectivity index (χ4n) is 2.86. The van der Waals surface area contributed by atoms with Crippen LogP contribution in [0.4, 0.5) is 0 Å². The first kappa shape index (κ1) is 12.1. The van der Waals surface area contributed by atoms with Crippen LogP contribution in [0.15, 0.2) is 24.3 Å². The molecule has 1 aromatic carbocycles. The van der Waals surface area contributed by atoms with E-state index in [4.69, 9.17) is 22.7 Å². The highest BCUT2D eigenvalue weighted by Gasteiger charge is 2.33. The van der Waals surface area contributed by atoms with Gasteiger partial charge in [0.25, 0.3) is 0 Å². The van der Waals surface area contributed by atoms with Crippen molar-refractivity contribution in [2.24, 2.45) is 5.73 Å². The Labute approximate surface area is 113 Å². The molecule has 0 amide bonds. The number of ether oxygens (including phenoxy) is 1. The van der Waals surface area contributed by atoms with Gasteiger partial charge in [-0.25, -0.2) is 0 Å². The van der Waals surface area contributed by atoms with Gasteiger partial charge in [0.15, 0.2) is 0 Å². The minimum atomic E-state index is 0.458. The molecule has 2 aliphatic heterocycles. The lowest BCUT2D eigenvalue weighted by molar-refractivity contribution is -0.0410. The number of morpholine rings is 1. The highest BCUT2D eigenvalue weighted by atomic mass is 32.1. The lowest BCUT2D eigenvalue weighted by atomic mass is 10.1. The van der Waals surface area contributed by atoms with E-state index in [0.29, 0.717) is 17.2 Å². The lowest BCUT2D eigenvalue weighted by Crippen LogP contribution is -2.41. The Hall–Kier alpha value is -0.970. The van der Waals surface area contributed by atoms with Gasteiger partial charge in [-0.2, -0.15) is 0 Å². The van der Waals surface area contributed by atoms with Gasteiger partial charge in [-0.05, 0) is 18.4 Å². The summed E-state index contributed by atoms with van der Waals surface area (Å²) in [6.45, 7) is 3.12. The van der Waals surface area contributed by atoms with Crippen LogP contribution in [0.2, 0.25) is 0 Å². The summed E-state index contributed by atoms with van der Waals surface area (Å²) < 4.78 is 5.84. The summed E-state index contributed by atoms with van der Waals surface area (Å²) in [5.41, 5.74) is 7.85. The monoisotopic (exact) mass is 262 g/mol. The summed E-state index contributed by atoms with van der Waals surface area (Å²) in [5, 5.41) is 0. The number of rotatable bonds is 3. The summed E-state index contributed by atoms with van der Waals surface area (Å²) in [5.74, 6) is 0. The summed E-state index contributed by atoms with van der Waals surface area (Å²) in [6.07, 6.45) is 3.36. The van der Waals surface area contributed by atoms with Crippen LogP contribution >= 0.6 is 12.2 Å². The number of nitrogens with zero attached hydrogens (tertiary/aromatic N) is 1. The minimum absolute atomic E-state index is 0.458. The quantitative estimate of drug-likeness (QED) is 0.841. The van der Waals surface area contributed by atoms with Crippen molar-refractivity contribution in [1.29, 1.82) is 0 Å². The third-order valence-corrected chi connectivity index (χ3v) is 4.00.